The highest BCUT2D eigenvalue weighted by Crippen LogP contribution is 2.36. The van der Waals surface area contributed by atoms with E-state index >= 15 is 0 Å². The van der Waals surface area contributed by atoms with Gasteiger partial charge in [0, 0.05) is 38.8 Å². The van der Waals surface area contributed by atoms with Crippen molar-refractivity contribution in [2.24, 2.45) is 5.41 Å². The van der Waals surface area contributed by atoms with E-state index < -0.39 is 21.3 Å². The van der Waals surface area contributed by atoms with Crippen LogP contribution in [0.15, 0.2) is 23.1 Å². The van der Waals surface area contributed by atoms with Crippen molar-refractivity contribution in [1.82, 2.24) is 4.31 Å². The van der Waals surface area contributed by atoms with Gasteiger partial charge in [-0.15, -0.1) is 0 Å². The summed E-state index contributed by atoms with van der Waals surface area (Å²) in [7, 11) is -2.14. The van der Waals surface area contributed by atoms with Gasteiger partial charge in [0.2, 0.25) is 10.0 Å². The molecule has 7 heteroatoms. The maximum absolute atomic E-state index is 13.8. The van der Waals surface area contributed by atoms with E-state index in [0.717, 1.165) is 18.9 Å². The number of rotatable bonds is 7. The molecule has 0 spiro atoms. The van der Waals surface area contributed by atoms with Crippen molar-refractivity contribution in [2.45, 2.75) is 37.5 Å². The largest absolute Gasteiger partial charge is 0.396 e. The van der Waals surface area contributed by atoms with Crippen LogP contribution in [-0.2, 0) is 14.8 Å². The van der Waals surface area contributed by atoms with Crippen LogP contribution in [-0.4, -0.2) is 51.2 Å². The number of methoxy groups -OCH3 is 1. The van der Waals surface area contributed by atoms with Gasteiger partial charge in [-0.1, -0.05) is 6.07 Å². The molecule has 1 aliphatic heterocycles. The number of benzene rings is 1. The van der Waals surface area contributed by atoms with Gasteiger partial charge < -0.3 is 9.84 Å². The lowest BCUT2D eigenvalue weighted by atomic mass is 9.78. The molecule has 1 atom stereocenters. The normalized spacial score (nSPS) is 22.7. The number of aryl methyl sites for hydroxylation is 1. The number of hydrogen-bond acceptors (Lipinski definition) is 4. The van der Waals surface area contributed by atoms with Crippen LogP contribution in [0.25, 0.3) is 0 Å². The topological polar surface area (TPSA) is 66.8 Å². The smallest absolute Gasteiger partial charge is 0.243 e. The highest BCUT2D eigenvalue weighted by Gasteiger charge is 2.39. The van der Waals surface area contributed by atoms with Gasteiger partial charge in [-0.05, 0) is 50.3 Å². The van der Waals surface area contributed by atoms with Crippen LogP contribution in [0.1, 0.15) is 31.2 Å². The third-order valence-corrected chi connectivity index (χ3v) is 6.64. The molecule has 0 aromatic heterocycles. The summed E-state index contributed by atoms with van der Waals surface area (Å²) in [5.41, 5.74) is -0.0375. The zero-order chi connectivity index (χ0) is 17.8. The van der Waals surface area contributed by atoms with E-state index in [1.807, 2.05) is 0 Å². The number of ether oxygens (including phenoxy) is 1. The zero-order valence-corrected chi connectivity index (χ0v) is 15.1. The summed E-state index contributed by atoms with van der Waals surface area (Å²) in [5.74, 6) is -0.526. The Hall–Kier alpha value is -1.02. The Labute approximate surface area is 143 Å². The Morgan fingerprint density at radius 1 is 1.42 bits per heavy atom. The lowest BCUT2D eigenvalue weighted by molar-refractivity contribution is 0.0472. The molecular formula is C17H26FNO4S. The number of nitrogens with zero attached hydrogens (tertiary/aromatic N) is 1. The molecule has 2 rings (SSSR count). The first kappa shape index (κ1) is 19.3. The van der Waals surface area contributed by atoms with Crippen LogP contribution < -0.4 is 0 Å². The second kappa shape index (κ2) is 7.91. The third-order valence-electron chi connectivity index (χ3n) is 4.80. The van der Waals surface area contributed by atoms with Gasteiger partial charge in [-0.3, -0.25) is 0 Å². The van der Waals surface area contributed by atoms with Gasteiger partial charge in [0.05, 0.1) is 4.90 Å². The van der Waals surface area contributed by atoms with Crippen molar-refractivity contribution in [3.8, 4) is 0 Å². The molecule has 0 bridgehead atoms. The first-order chi connectivity index (χ1) is 11.3. The van der Waals surface area contributed by atoms with Gasteiger partial charge in [0.25, 0.3) is 0 Å². The van der Waals surface area contributed by atoms with Gasteiger partial charge >= 0.3 is 0 Å². The fourth-order valence-corrected chi connectivity index (χ4v) is 4.86. The molecule has 24 heavy (non-hydrogen) atoms. The van der Waals surface area contributed by atoms with Gasteiger partial charge in [-0.2, -0.15) is 4.31 Å². The predicted molar refractivity (Wildman–Crippen MR) is 89.8 cm³/mol. The van der Waals surface area contributed by atoms with E-state index in [4.69, 9.17) is 4.74 Å². The Morgan fingerprint density at radius 3 is 2.79 bits per heavy atom. The molecule has 5 nitrogen and oxygen atoms in total. The third kappa shape index (κ3) is 4.14. The average molecular weight is 359 g/mol. The van der Waals surface area contributed by atoms with E-state index in [9.17, 15) is 17.9 Å². The average Bonchev–Trinajstić information content (AvgIpc) is 2.57. The maximum atomic E-state index is 13.8. The van der Waals surface area contributed by atoms with Crippen molar-refractivity contribution in [2.75, 3.05) is 33.4 Å². The molecule has 0 unspecified atom stereocenters. The summed E-state index contributed by atoms with van der Waals surface area (Å²) < 4.78 is 45.9. The van der Waals surface area contributed by atoms with Gasteiger partial charge in [0.1, 0.15) is 5.82 Å². The summed E-state index contributed by atoms with van der Waals surface area (Å²) in [6.45, 7) is 2.76. The molecule has 1 N–H and O–H groups in total. The standard InChI is InChI=1S/C17H26FNO4S/c1-14-5-6-15(11-16(14)18)24(21,22)19-9-3-7-17(12-19,13-20)8-4-10-23-2/h5-6,11,20H,3-4,7-10,12-13H2,1-2H3/t17-/m1/s1. The van der Waals surface area contributed by atoms with Gasteiger partial charge in [-0.25, -0.2) is 12.8 Å². The fourth-order valence-electron chi connectivity index (χ4n) is 3.25. The second-order valence-corrected chi connectivity index (χ2v) is 8.55. The molecule has 1 aromatic rings. The minimum Gasteiger partial charge on any atom is -0.396 e. The minimum atomic E-state index is -3.76. The molecular weight excluding hydrogens is 333 g/mol. The molecule has 1 heterocycles. The summed E-state index contributed by atoms with van der Waals surface area (Å²) in [5, 5.41) is 9.85. The first-order valence-electron chi connectivity index (χ1n) is 8.21. The molecule has 136 valence electrons. The second-order valence-electron chi connectivity index (χ2n) is 6.61. The maximum Gasteiger partial charge on any atom is 0.243 e. The quantitative estimate of drug-likeness (QED) is 0.759. The van der Waals surface area contributed by atoms with E-state index in [1.54, 1.807) is 14.0 Å². The molecule has 1 aromatic carbocycles. The van der Waals surface area contributed by atoms with Gasteiger partial charge in [0.15, 0.2) is 0 Å². The molecule has 0 aliphatic carbocycles. The van der Waals surface area contributed by atoms with E-state index in [2.05, 4.69) is 0 Å². The number of aliphatic hydroxyl groups excluding tert-OH is 1. The van der Waals surface area contributed by atoms with E-state index in [0.29, 0.717) is 31.6 Å². The number of piperidine rings is 1. The van der Waals surface area contributed by atoms with Crippen molar-refractivity contribution in [1.29, 1.82) is 0 Å². The summed E-state index contributed by atoms with van der Waals surface area (Å²) in [6, 6.07) is 3.99. The monoisotopic (exact) mass is 359 g/mol. The minimum absolute atomic E-state index is 0.0313. The number of sulfonamides is 1. The Kier molecular flexibility index (Phi) is 6.36. The lowest BCUT2D eigenvalue weighted by Crippen LogP contribution is -2.47. The van der Waals surface area contributed by atoms with Crippen LogP contribution in [0, 0.1) is 18.2 Å². The van der Waals surface area contributed by atoms with Crippen molar-refractivity contribution in [3.63, 3.8) is 0 Å². The molecule has 0 amide bonds. The van der Waals surface area contributed by atoms with Crippen LogP contribution in [0.4, 0.5) is 4.39 Å². The SMILES string of the molecule is COCCC[C@]1(CO)CCCN(S(=O)(=O)c2ccc(C)c(F)c2)C1. The van der Waals surface area contributed by atoms with Crippen LogP contribution >= 0.6 is 0 Å². The highest BCUT2D eigenvalue weighted by molar-refractivity contribution is 7.89. The molecule has 0 saturated carbocycles. The van der Waals surface area contributed by atoms with Crippen molar-refractivity contribution < 1.29 is 22.7 Å². The number of aliphatic hydroxyl groups is 1. The predicted octanol–water partition coefficient (Wildman–Crippen LogP) is 2.32. The van der Waals surface area contributed by atoms with E-state index in [-0.39, 0.29) is 18.0 Å². The molecule has 1 aliphatic rings. The zero-order valence-electron chi connectivity index (χ0n) is 14.3. The summed E-state index contributed by atoms with van der Waals surface area (Å²) in [6.07, 6.45) is 2.93. The first-order valence-corrected chi connectivity index (χ1v) is 9.65. The molecule has 1 saturated heterocycles. The van der Waals surface area contributed by atoms with Crippen LogP contribution in [0.5, 0.6) is 0 Å². The number of hydrogen-bond donors (Lipinski definition) is 1. The lowest BCUT2D eigenvalue weighted by Gasteiger charge is -2.41. The molecule has 0 radical (unpaired) electrons. The van der Waals surface area contributed by atoms with Crippen LogP contribution in [0.3, 0.4) is 0 Å². The Morgan fingerprint density at radius 2 is 2.17 bits per heavy atom. The Balaban J connectivity index is 2.21. The van der Waals surface area contributed by atoms with Crippen molar-refractivity contribution in [3.05, 3.63) is 29.6 Å². The Bertz CT molecular complexity index is 665. The van der Waals surface area contributed by atoms with Crippen LogP contribution in [0.2, 0.25) is 0 Å². The summed E-state index contributed by atoms with van der Waals surface area (Å²) >= 11 is 0. The highest BCUT2D eigenvalue weighted by atomic mass is 32.2. The summed E-state index contributed by atoms with van der Waals surface area (Å²) in [4.78, 5) is -0.0313. The molecule has 1 fully saturated rings. The number of halogens is 1. The van der Waals surface area contributed by atoms with Crippen molar-refractivity contribution >= 4 is 10.0 Å². The van der Waals surface area contributed by atoms with E-state index in [1.165, 1.54) is 16.4 Å². The fraction of sp³-hybridized carbons (Fsp3) is 0.647.